The largest absolute Gasteiger partial charge is 0.481 e. The summed E-state index contributed by atoms with van der Waals surface area (Å²) in [6.45, 7) is 6.03. The van der Waals surface area contributed by atoms with Crippen LogP contribution in [-0.4, -0.2) is 33.1 Å². The number of benzene rings is 1. The number of pyridine rings is 3. The van der Waals surface area contributed by atoms with Crippen LogP contribution in [0, 0.1) is 6.92 Å². The Labute approximate surface area is 190 Å². The van der Waals surface area contributed by atoms with Crippen LogP contribution in [0.25, 0.3) is 21.7 Å². The molecule has 164 valence electrons. The molecule has 3 heterocycles. The number of fused-ring (bicyclic) bond motifs is 3. The molecule has 0 aliphatic carbocycles. The van der Waals surface area contributed by atoms with Gasteiger partial charge in [-0.3, -0.25) is 4.98 Å². The van der Waals surface area contributed by atoms with Crippen LogP contribution in [0.3, 0.4) is 0 Å². The predicted molar refractivity (Wildman–Crippen MR) is 126 cm³/mol. The second-order valence-corrected chi connectivity index (χ2v) is 8.03. The average Bonchev–Trinajstić information content (AvgIpc) is 2.78. The Bertz CT molecular complexity index is 1360. The number of halogens is 1. The van der Waals surface area contributed by atoms with Gasteiger partial charge in [0, 0.05) is 34.8 Å². The van der Waals surface area contributed by atoms with E-state index < -0.39 is 5.97 Å². The second-order valence-electron chi connectivity index (χ2n) is 7.62. The van der Waals surface area contributed by atoms with Gasteiger partial charge < -0.3 is 15.2 Å². The molecule has 8 heteroatoms. The molecule has 0 saturated heterocycles. The monoisotopic (exact) mass is 450 g/mol. The minimum absolute atomic E-state index is 0.121. The van der Waals surface area contributed by atoms with Gasteiger partial charge in [-0.05, 0) is 37.8 Å². The number of anilines is 1. The highest BCUT2D eigenvalue weighted by atomic mass is 35.5. The number of rotatable bonds is 6. The van der Waals surface area contributed by atoms with Crippen molar-refractivity contribution in [2.75, 3.05) is 12.4 Å². The van der Waals surface area contributed by atoms with Crippen molar-refractivity contribution in [3.63, 3.8) is 0 Å². The van der Waals surface area contributed by atoms with Crippen LogP contribution in [0.5, 0.6) is 5.88 Å². The molecule has 32 heavy (non-hydrogen) atoms. The van der Waals surface area contributed by atoms with E-state index >= 15 is 0 Å². The molecule has 7 nitrogen and oxygen atoms in total. The van der Waals surface area contributed by atoms with E-state index in [1.54, 1.807) is 19.4 Å². The van der Waals surface area contributed by atoms with E-state index in [9.17, 15) is 9.90 Å². The number of carbonyl (C=O) groups is 1. The number of carboxylic acids is 1. The van der Waals surface area contributed by atoms with Gasteiger partial charge >= 0.3 is 5.97 Å². The normalized spacial score (nSPS) is 12.2. The number of aromatic carboxylic acids is 1. The van der Waals surface area contributed by atoms with E-state index in [1.165, 1.54) is 6.20 Å². The van der Waals surface area contributed by atoms with Crippen LogP contribution in [0.1, 0.15) is 47.2 Å². The van der Waals surface area contributed by atoms with Gasteiger partial charge in [-0.1, -0.05) is 30.2 Å². The maximum absolute atomic E-state index is 11.7. The lowest BCUT2D eigenvalue weighted by atomic mass is 9.96. The Hall–Kier alpha value is -3.45. The van der Waals surface area contributed by atoms with Gasteiger partial charge in [-0.25, -0.2) is 14.8 Å². The van der Waals surface area contributed by atoms with Crippen molar-refractivity contribution in [1.82, 2.24) is 15.0 Å². The van der Waals surface area contributed by atoms with Gasteiger partial charge in [0.25, 0.3) is 0 Å². The summed E-state index contributed by atoms with van der Waals surface area (Å²) in [7, 11) is 1.60. The third kappa shape index (κ3) is 3.80. The van der Waals surface area contributed by atoms with Crippen molar-refractivity contribution in [1.29, 1.82) is 0 Å². The first-order chi connectivity index (χ1) is 15.3. The topological polar surface area (TPSA) is 97.2 Å². The molecule has 0 unspecified atom stereocenters. The maximum atomic E-state index is 11.7. The lowest BCUT2D eigenvalue weighted by molar-refractivity contribution is 0.0691. The van der Waals surface area contributed by atoms with Crippen molar-refractivity contribution in [3.05, 3.63) is 64.2 Å². The Morgan fingerprint density at radius 2 is 2.00 bits per heavy atom. The molecule has 1 atom stereocenters. The lowest BCUT2D eigenvalue weighted by Gasteiger charge is -2.21. The fourth-order valence-electron chi connectivity index (χ4n) is 3.96. The van der Waals surface area contributed by atoms with Crippen molar-refractivity contribution < 1.29 is 14.6 Å². The zero-order chi connectivity index (χ0) is 23.0. The minimum atomic E-state index is -1.15. The van der Waals surface area contributed by atoms with Gasteiger partial charge in [0.15, 0.2) is 5.69 Å². The minimum Gasteiger partial charge on any atom is -0.481 e. The summed E-state index contributed by atoms with van der Waals surface area (Å²) in [6.07, 6.45) is 3.93. The van der Waals surface area contributed by atoms with Crippen LogP contribution in [0.15, 0.2) is 36.7 Å². The van der Waals surface area contributed by atoms with Gasteiger partial charge in [-0.15, -0.1) is 0 Å². The number of hydrogen-bond donors (Lipinski definition) is 2. The molecule has 4 rings (SSSR count). The Morgan fingerprint density at radius 1 is 1.22 bits per heavy atom. The molecule has 0 amide bonds. The summed E-state index contributed by atoms with van der Waals surface area (Å²) in [5.41, 5.74) is 3.93. The standard InChI is InChI=1S/C24H23ClN4O3/c1-5-19-17-11-27-20(32-4)10-15(17)16-9-12(2)8-14(21(16)29-19)13(3)28-22-18(25)6-7-26-23(22)24(30)31/h6-11,13,28H,5H2,1-4H3,(H,30,31)/t13-/m1/s1. The number of carboxylic acid groups (broad SMARTS) is 1. The number of methoxy groups -OCH3 is 1. The van der Waals surface area contributed by atoms with E-state index in [4.69, 9.17) is 21.3 Å². The van der Waals surface area contributed by atoms with Gasteiger partial charge in [0.1, 0.15) is 0 Å². The number of nitrogens with one attached hydrogen (secondary N) is 1. The van der Waals surface area contributed by atoms with Crippen molar-refractivity contribution >= 4 is 44.9 Å². The maximum Gasteiger partial charge on any atom is 0.356 e. The number of ether oxygens (including phenoxy) is 1. The molecule has 2 N–H and O–H groups in total. The zero-order valence-corrected chi connectivity index (χ0v) is 19.0. The van der Waals surface area contributed by atoms with Crippen LogP contribution >= 0.6 is 11.6 Å². The van der Waals surface area contributed by atoms with Crippen LogP contribution < -0.4 is 10.1 Å². The molecule has 0 fully saturated rings. The summed E-state index contributed by atoms with van der Waals surface area (Å²) in [5, 5.41) is 16.1. The molecule has 0 radical (unpaired) electrons. The molecule has 0 aliphatic rings. The molecular weight excluding hydrogens is 428 g/mol. The second kappa shape index (κ2) is 8.59. The first-order valence-corrected chi connectivity index (χ1v) is 10.6. The molecular formula is C24H23ClN4O3. The number of aryl methyl sites for hydroxylation is 2. The highest BCUT2D eigenvalue weighted by Crippen LogP contribution is 2.35. The Kier molecular flexibility index (Phi) is 5.84. The third-order valence-corrected chi connectivity index (χ3v) is 5.80. The number of nitrogens with zero attached hydrogens (tertiary/aromatic N) is 3. The molecule has 0 bridgehead atoms. The molecule has 1 aromatic carbocycles. The van der Waals surface area contributed by atoms with E-state index in [1.807, 2.05) is 19.9 Å². The highest BCUT2D eigenvalue weighted by Gasteiger charge is 2.20. The number of hydrogen-bond acceptors (Lipinski definition) is 6. The van der Waals surface area contributed by atoms with E-state index in [-0.39, 0.29) is 17.4 Å². The van der Waals surface area contributed by atoms with Gasteiger partial charge in [-0.2, -0.15) is 0 Å². The van der Waals surface area contributed by atoms with Crippen molar-refractivity contribution in [2.24, 2.45) is 0 Å². The van der Waals surface area contributed by atoms with E-state index in [0.717, 1.165) is 44.9 Å². The molecule has 3 aromatic heterocycles. The summed E-state index contributed by atoms with van der Waals surface area (Å²) < 4.78 is 5.36. The third-order valence-electron chi connectivity index (χ3n) is 5.48. The molecule has 4 aromatic rings. The van der Waals surface area contributed by atoms with Crippen LogP contribution in [0.4, 0.5) is 5.69 Å². The smallest absolute Gasteiger partial charge is 0.356 e. The Morgan fingerprint density at radius 3 is 2.69 bits per heavy atom. The molecule has 0 saturated carbocycles. The molecule has 0 spiro atoms. The molecule has 0 aliphatic heterocycles. The fourth-order valence-corrected chi connectivity index (χ4v) is 4.16. The quantitative estimate of drug-likeness (QED) is 0.370. The fraction of sp³-hybridized carbons (Fsp3) is 0.250. The summed E-state index contributed by atoms with van der Waals surface area (Å²) in [6, 6.07) is 7.37. The lowest BCUT2D eigenvalue weighted by Crippen LogP contribution is -2.13. The van der Waals surface area contributed by atoms with Crippen LogP contribution in [-0.2, 0) is 6.42 Å². The summed E-state index contributed by atoms with van der Waals surface area (Å²) in [5.74, 6) is -0.609. The van der Waals surface area contributed by atoms with Crippen molar-refractivity contribution in [2.45, 2.75) is 33.2 Å². The Balaban J connectivity index is 1.94. The summed E-state index contributed by atoms with van der Waals surface area (Å²) >= 11 is 6.31. The van der Waals surface area contributed by atoms with Gasteiger partial charge in [0.05, 0.1) is 35.1 Å². The van der Waals surface area contributed by atoms with Crippen molar-refractivity contribution in [3.8, 4) is 5.88 Å². The number of aromatic nitrogens is 3. The zero-order valence-electron chi connectivity index (χ0n) is 18.2. The highest BCUT2D eigenvalue weighted by molar-refractivity contribution is 6.33. The first-order valence-electron chi connectivity index (χ1n) is 10.2. The van der Waals surface area contributed by atoms with Crippen LogP contribution in [0.2, 0.25) is 5.02 Å². The first kappa shape index (κ1) is 21.8. The van der Waals surface area contributed by atoms with Gasteiger partial charge in [0.2, 0.25) is 5.88 Å². The SMILES string of the molecule is CCc1nc2c([C@@H](C)Nc3c(Cl)ccnc3C(=O)O)cc(C)cc2c2cc(OC)ncc12. The van der Waals surface area contributed by atoms with E-state index in [0.29, 0.717) is 10.9 Å². The predicted octanol–water partition coefficient (Wildman–Crippen LogP) is 5.58. The average molecular weight is 451 g/mol. The summed E-state index contributed by atoms with van der Waals surface area (Å²) in [4.78, 5) is 25.0. The van der Waals surface area contributed by atoms with E-state index in [2.05, 4.69) is 34.3 Å².